The zero-order chi connectivity index (χ0) is 24.6. The van der Waals surface area contributed by atoms with E-state index in [1.807, 2.05) is 44.2 Å². The third-order valence-corrected chi connectivity index (χ3v) is 7.41. The SMILES string of the molecule is Cc1[nH]c2ccc([C@]3(C)N=C(c4ccc5[nH]c(=O)n([C@H](C)C(C)(C)C)c5c4)C(=O)N3)cc2c1C. The number of aromatic nitrogens is 3. The van der Waals surface area contributed by atoms with Gasteiger partial charge in [0.15, 0.2) is 5.66 Å². The number of nitrogens with zero attached hydrogens (tertiary/aromatic N) is 2. The first-order chi connectivity index (χ1) is 15.9. The number of imidazole rings is 1. The molecule has 1 aliphatic rings. The molecule has 34 heavy (non-hydrogen) atoms. The Balaban J connectivity index is 1.61. The molecule has 3 N–H and O–H groups in total. The van der Waals surface area contributed by atoms with Crippen LogP contribution >= 0.6 is 0 Å². The molecule has 1 amide bonds. The highest BCUT2D eigenvalue weighted by Gasteiger charge is 2.38. The van der Waals surface area contributed by atoms with Gasteiger partial charge in [0, 0.05) is 33.8 Å². The van der Waals surface area contributed by atoms with Crippen LogP contribution in [0.25, 0.3) is 21.9 Å². The van der Waals surface area contributed by atoms with Crippen molar-refractivity contribution in [3.8, 4) is 0 Å². The topological polar surface area (TPSA) is 95.0 Å². The van der Waals surface area contributed by atoms with E-state index in [9.17, 15) is 9.59 Å². The summed E-state index contributed by atoms with van der Waals surface area (Å²) in [6.45, 7) is 14.4. The number of aryl methyl sites for hydroxylation is 2. The highest BCUT2D eigenvalue weighted by Crippen LogP contribution is 2.34. The van der Waals surface area contributed by atoms with E-state index >= 15 is 0 Å². The molecule has 0 aliphatic carbocycles. The monoisotopic (exact) mass is 457 g/mol. The maximum Gasteiger partial charge on any atom is 0.326 e. The molecule has 2 atom stereocenters. The van der Waals surface area contributed by atoms with Gasteiger partial charge in [-0.3, -0.25) is 9.36 Å². The van der Waals surface area contributed by atoms with Gasteiger partial charge in [0.1, 0.15) is 5.71 Å². The van der Waals surface area contributed by atoms with Crippen molar-refractivity contribution in [1.82, 2.24) is 19.9 Å². The number of carbonyl (C=O) groups is 1. The van der Waals surface area contributed by atoms with Crippen molar-refractivity contribution in [2.45, 2.75) is 60.2 Å². The maximum absolute atomic E-state index is 13.1. The summed E-state index contributed by atoms with van der Waals surface area (Å²) in [5.41, 5.74) is 5.77. The molecular formula is C27H31N5O2. The highest BCUT2D eigenvalue weighted by atomic mass is 16.2. The number of aliphatic imine (C=N–C) groups is 1. The van der Waals surface area contributed by atoms with Crippen LogP contribution in [0.1, 0.15) is 63.0 Å². The number of H-pyrrole nitrogens is 2. The summed E-state index contributed by atoms with van der Waals surface area (Å²) in [5.74, 6) is -0.225. The summed E-state index contributed by atoms with van der Waals surface area (Å²) in [7, 11) is 0. The second-order valence-corrected chi connectivity index (χ2v) is 10.7. The van der Waals surface area contributed by atoms with Crippen LogP contribution in [-0.2, 0) is 10.5 Å². The van der Waals surface area contributed by atoms with Gasteiger partial charge in [-0.1, -0.05) is 32.9 Å². The molecule has 2 aromatic heterocycles. The van der Waals surface area contributed by atoms with Gasteiger partial charge in [-0.05, 0) is 62.9 Å². The van der Waals surface area contributed by atoms with Crippen LogP contribution in [0, 0.1) is 19.3 Å². The molecule has 4 aromatic rings. The van der Waals surface area contributed by atoms with Gasteiger partial charge in [-0.2, -0.15) is 0 Å². The number of carbonyl (C=O) groups excluding carboxylic acids is 1. The Morgan fingerprint density at radius 1 is 1.00 bits per heavy atom. The van der Waals surface area contributed by atoms with Gasteiger partial charge in [0.05, 0.1) is 11.0 Å². The van der Waals surface area contributed by atoms with Gasteiger partial charge < -0.3 is 15.3 Å². The lowest BCUT2D eigenvalue weighted by Gasteiger charge is -2.28. The average Bonchev–Trinajstić information content (AvgIpc) is 3.36. The van der Waals surface area contributed by atoms with Crippen molar-refractivity contribution in [2.75, 3.05) is 0 Å². The summed E-state index contributed by atoms with van der Waals surface area (Å²) >= 11 is 0. The molecule has 3 heterocycles. The van der Waals surface area contributed by atoms with Crippen LogP contribution in [0.3, 0.4) is 0 Å². The van der Waals surface area contributed by atoms with Gasteiger partial charge in [0.25, 0.3) is 5.91 Å². The van der Waals surface area contributed by atoms with Crippen LogP contribution < -0.4 is 11.0 Å². The van der Waals surface area contributed by atoms with Gasteiger partial charge >= 0.3 is 5.69 Å². The van der Waals surface area contributed by atoms with Gasteiger partial charge in [0.2, 0.25) is 0 Å². The van der Waals surface area contributed by atoms with Crippen LogP contribution in [-0.4, -0.2) is 26.2 Å². The van der Waals surface area contributed by atoms with E-state index in [1.165, 1.54) is 5.56 Å². The van der Waals surface area contributed by atoms with E-state index in [2.05, 4.69) is 56.0 Å². The number of rotatable bonds is 3. The summed E-state index contributed by atoms with van der Waals surface area (Å²) in [6.07, 6.45) is 0. The maximum atomic E-state index is 13.1. The highest BCUT2D eigenvalue weighted by molar-refractivity contribution is 6.47. The molecule has 0 fully saturated rings. The number of aromatic amines is 2. The molecule has 1 aliphatic heterocycles. The Morgan fingerprint density at radius 3 is 2.41 bits per heavy atom. The fourth-order valence-electron chi connectivity index (χ4n) is 4.72. The third-order valence-electron chi connectivity index (χ3n) is 7.41. The largest absolute Gasteiger partial charge is 0.358 e. The Kier molecular flexibility index (Phi) is 4.70. The normalized spacial score (nSPS) is 19.6. The molecule has 2 aromatic carbocycles. The molecule has 0 spiro atoms. The number of hydrogen-bond donors (Lipinski definition) is 3. The minimum Gasteiger partial charge on any atom is -0.358 e. The number of amides is 1. The van der Waals surface area contributed by atoms with Crippen molar-refractivity contribution in [3.63, 3.8) is 0 Å². The minimum atomic E-state index is -0.871. The van der Waals surface area contributed by atoms with Crippen LogP contribution in [0.4, 0.5) is 0 Å². The smallest absolute Gasteiger partial charge is 0.326 e. The molecule has 0 saturated carbocycles. The Bertz CT molecular complexity index is 1560. The van der Waals surface area contributed by atoms with Crippen molar-refractivity contribution in [3.05, 3.63) is 69.3 Å². The first kappa shape index (κ1) is 22.2. The molecule has 7 nitrogen and oxygen atoms in total. The first-order valence-electron chi connectivity index (χ1n) is 11.7. The van der Waals surface area contributed by atoms with E-state index in [-0.39, 0.29) is 23.1 Å². The minimum absolute atomic E-state index is 0.0339. The number of hydrogen-bond acceptors (Lipinski definition) is 3. The summed E-state index contributed by atoms with van der Waals surface area (Å²) in [5, 5.41) is 4.20. The van der Waals surface area contributed by atoms with Crippen LogP contribution in [0.5, 0.6) is 0 Å². The van der Waals surface area contributed by atoms with E-state index in [4.69, 9.17) is 4.99 Å². The molecule has 0 radical (unpaired) electrons. The summed E-state index contributed by atoms with van der Waals surface area (Å²) in [6, 6.07) is 11.7. The molecule has 0 unspecified atom stereocenters. The first-order valence-corrected chi connectivity index (χ1v) is 11.7. The number of benzene rings is 2. The number of fused-ring (bicyclic) bond motifs is 2. The lowest BCUT2D eigenvalue weighted by atomic mass is 9.88. The second kappa shape index (κ2) is 7.19. The average molecular weight is 458 g/mol. The lowest BCUT2D eigenvalue weighted by molar-refractivity contribution is -0.115. The third kappa shape index (κ3) is 3.30. The quantitative estimate of drug-likeness (QED) is 0.411. The van der Waals surface area contributed by atoms with Crippen molar-refractivity contribution in [1.29, 1.82) is 0 Å². The Hall–Kier alpha value is -3.61. The van der Waals surface area contributed by atoms with Crippen molar-refractivity contribution < 1.29 is 4.79 Å². The molecule has 0 bridgehead atoms. The van der Waals surface area contributed by atoms with E-state index in [0.29, 0.717) is 11.3 Å². The molecule has 5 rings (SSSR count). The Morgan fingerprint density at radius 2 is 1.71 bits per heavy atom. The van der Waals surface area contributed by atoms with E-state index in [1.54, 1.807) is 4.57 Å². The Labute approximate surface area is 198 Å². The van der Waals surface area contributed by atoms with Crippen molar-refractivity contribution >= 4 is 33.6 Å². The van der Waals surface area contributed by atoms with Crippen LogP contribution in [0.15, 0.2) is 46.2 Å². The predicted molar refractivity (Wildman–Crippen MR) is 137 cm³/mol. The van der Waals surface area contributed by atoms with Crippen LogP contribution in [0.2, 0.25) is 0 Å². The fourth-order valence-corrected chi connectivity index (χ4v) is 4.72. The summed E-state index contributed by atoms with van der Waals surface area (Å²) < 4.78 is 1.77. The fraction of sp³-hybridized carbons (Fsp3) is 0.370. The van der Waals surface area contributed by atoms with Gasteiger partial charge in [-0.15, -0.1) is 0 Å². The number of nitrogens with one attached hydrogen (secondary N) is 3. The molecule has 176 valence electrons. The molecular weight excluding hydrogens is 426 g/mol. The lowest BCUT2D eigenvalue weighted by Crippen LogP contribution is -2.37. The zero-order valence-corrected chi connectivity index (χ0v) is 20.8. The van der Waals surface area contributed by atoms with E-state index in [0.717, 1.165) is 33.2 Å². The molecule has 0 saturated heterocycles. The summed E-state index contributed by atoms with van der Waals surface area (Å²) in [4.78, 5) is 37.0. The van der Waals surface area contributed by atoms with Gasteiger partial charge in [-0.25, -0.2) is 9.79 Å². The second-order valence-electron chi connectivity index (χ2n) is 10.7. The van der Waals surface area contributed by atoms with E-state index < -0.39 is 5.66 Å². The zero-order valence-electron chi connectivity index (χ0n) is 20.8. The van der Waals surface area contributed by atoms with Crippen molar-refractivity contribution in [2.24, 2.45) is 10.4 Å². The molecule has 7 heteroatoms. The predicted octanol–water partition coefficient (Wildman–Crippen LogP) is 4.83. The standard InChI is InChI=1S/C27H31N5O2/c1-14-15(2)28-20-11-9-18(13-19(14)20)27(7)30-23(24(33)31-27)17-8-10-21-22(12-17)32(25(34)29-21)16(3)26(4,5)6/h8-13,16,28H,1-7H3,(H,29,34)(H,31,33)/t16-,27-/m1/s1.